The maximum Gasteiger partial charge on any atom is 0.226 e. The second-order valence-corrected chi connectivity index (χ2v) is 5.91. The molecule has 3 rings (SSSR count). The van der Waals surface area contributed by atoms with Crippen LogP contribution >= 0.6 is 12.4 Å². The third-order valence-corrected chi connectivity index (χ3v) is 4.83. The molecule has 0 spiro atoms. The van der Waals surface area contributed by atoms with Gasteiger partial charge in [0.25, 0.3) is 0 Å². The van der Waals surface area contributed by atoms with Gasteiger partial charge in [-0.1, -0.05) is 31.2 Å². The first-order valence-electron chi connectivity index (χ1n) is 7.23. The SMILES string of the molecule is CC(C(=O)N(C)C1CCc2ccccc21)C1CNC1.Cl. The van der Waals surface area contributed by atoms with Gasteiger partial charge in [-0.2, -0.15) is 0 Å². The Bertz CT molecular complexity index is 487. The summed E-state index contributed by atoms with van der Waals surface area (Å²) in [5, 5.41) is 3.25. The Balaban J connectivity index is 0.00000147. The lowest BCUT2D eigenvalue weighted by Gasteiger charge is -2.36. The fourth-order valence-corrected chi connectivity index (χ4v) is 3.28. The molecule has 2 atom stereocenters. The number of benzene rings is 1. The number of fused-ring (bicyclic) bond motifs is 1. The lowest BCUT2D eigenvalue weighted by atomic mass is 9.87. The Kier molecular flexibility index (Phi) is 4.71. The number of rotatable bonds is 3. The molecule has 1 aliphatic heterocycles. The van der Waals surface area contributed by atoms with E-state index in [2.05, 4.69) is 36.5 Å². The van der Waals surface area contributed by atoms with E-state index in [9.17, 15) is 4.79 Å². The van der Waals surface area contributed by atoms with Crippen molar-refractivity contribution in [1.82, 2.24) is 10.2 Å². The van der Waals surface area contributed by atoms with E-state index in [0.29, 0.717) is 11.8 Å². The number of hydrogen-bond acceptors (Lipinski definition) is 2. The van der Waals surface area contributed by atoms with Gasteiger partial charge in [-0.15, -0.1) is 12.4 Å². The normalized spacial score (nSPS) is 22.4. The molecule has 3 nitrogen and oxygen atoms in total. The number of halogens is 1. The van der Waals surface area contributed by atoms with Crippen LogP contribution in [0.4, 0.5) is 0 Å². The van der Waals surface area contributed by atoms with Gasteiger partial charge in [-0.3, -0.25) is 4.79 Å². The summed E-state index contributed by atoms with van der Waals surface area (Å²) < 4.78 is 0. The molecule has 0 bridgehead atoms. The summed E-state index contributed by atoms with van der Waals surface area (Å²) in [5.41, 5.74) is 2.75. The zero-order chi connectivity index (χ0) is 13.4. The van der Waals surface area contributed by atoms with Crippen LogP contribution in [0.5, 0.6) is 0 Å². The Hall–Kier alpha value is -1.06. The van der Waals surface area contributed by atoms with E-state index in [1.165, 1.54) is 11.1 Å². The molecule has 0 aromatic heterocycles. The highest BCUT2D eigenvalue weighted by atomic mass is 35.5. The molecule has 0 radical (unpaired) electrons. The molecule has 1 aliphatic carbocycles. The number of nitrogens with one attached hydrogen (secondary N) is 1. The van der Waals surface area contributed by atoms with Gasteiger partial charge in [0.15, 0.2) is 0 Å². The third kappa shape index (κ3) is 2.57. The predicted octanol–water partition coefficient (Wildman–Crippen LogP) is 2.41. The Labute approximate surface area is 127 Å². The first-order valence-corrected chi connectivity index (χ1v) is 7.23. The van der Waals surface area contributed by atoms with Gasteiger partial charge in [0.05, 0.1) is 6.04 Å². The Morgan fingerprint density at radius 2 is 2.05 bits per heavy atom. The average molecular weight is 295 g/mol. The topological polar surface area (TPSA) is 32.3 Å². The molecule has 110 valence electrons. The van der Waals surface area contributed by atoms with Gasteiger partial charge < -0.3 is 10.2 Å². The molecule has 1 amide bonds. The van der Waals surface area contributed by atoms with E-state index in [1.54, 1.807) is 0 Å². The number of hydrogen-bond donors (Lipinski definition) is 1. The van der Waals surface area contributed by atoms with Crippen LogP contribution in [-0.2, 0) is 11.2 Å². The molecule has 1 fully saturated rings. The fraction of sp³-hybridized carbons (Fsp3) is 0.562. The zero-order valence-electron chi connectivity index (χ0n) is 12.1. The van der Waals surface area contributed by atoms with Crippen LogP contribution in [0, 0.1) is 11.8 Å². The van der Waals surface area contributed by atoms with Crippen molar-refractivity contribution < 1.29 is 4.79 Å². The summed E-state index contributed by atoms with van der Waals surface area (Å²) in [5.74, 6) is 0.957. The van der Waals surface area contributed by atoms with Gasteiger partial charge in [0.1, 0.15) is 0 Å². The van der Waals surface area contributed by atoms with Crippen LogP contribution in [0.2, 0.25) is 0 Å². The van der Waals surface area contributed by atoms with E-state index >= 15 is 0 Å². The molecule has 20 heavy (non-hydrogen) atoms. The summed E-state index contributed by atoms with van der Waals surface area (Å²) >= 11 is 0. The summed E-state index contributed by atoms with van der Waals surface area (Å²) in [4.78, 5) is 14.6. The average Bonchev–Trinajstić information content (AvgIpc) is 2.78. The van der Waals surface area contributed by atoms with E-state index < -0.39 is 0 Å². The van der Waals surface area contributed by atoms with Crippen molar-refractivity contribution in [2.24, 2.45) is 11.8 Å². The van der Waals surface area contributed by atoms with Crippen molar-refractivity contribution in [1.29, 1.82) is 0 Å². The molecule has 1 heterocycles. The molecule has 2 unspecified atom stereocenters. The first kappa shape index (κ1) is 15.3. The highest BCUT2D eigenvalue weighted by molar-refractivity contribution is 5.85. The van der Waals surface area contributed by atoms with Crippen LogP contribution in [0.15, 0.2) is 24.3 Å². The van der Waals surface area contributed by atoms with Gasteiger partial charge in [-0.05, 0) is 43.0 Å². The number of nitrogens with zero attached hydrogens (tertiary/aromatic N) is 1. The molecule has 1 saturated heterocycles. The maximum absolute atomic E-state index is 12.6. The van der Waals surface area contributed by atoms with E-state index in [4.69, 9.17) is 0 Å². The number of carbonyl (C=O) groups is 1. The third-order valence-electron chi connectivity index (χ3n) is 4.83. The summed E-state index contributed by atoms with van der Waals surface area (Å²) in [6, 6.07) is 8.80. The van der Waals surface area contributed by atoms with Gasteiger partial charge in [0, 0.05) is 13.0 Å². The summed E-state index contributed by atoms with van der Waals surface area (Å²) in [6.07, 6.45) is 2.16. The standard InChI is InChI=1S/C16H22N2O.ClH/c1-11(13-9-17-10-13)16(19)18(2)15-8-7-12-5-3-4-6-14(12)15;/h3-6,11,13,15,17H,7-10H2,1-2H3;1H. The van der Waals surface area contributed by atoms with Crippen molar-refractivity contribution in [2.75, 3.05) is 20.1 Å². The molecule has 0 saturated carbocycles. The minimum absolute atomic E-state index is 0. The van der Waals surface area contributed by atoms with Crippen molar-refractivity contribution in [3.05, 3.63) is 35.4 Å². The van der Waals surface area contributed by atoms with E-state index in [-0.39, 0.29) is 24.4 Å². The van der Waals surface area contributed by atoms with Gasteiger partial charge >= 0.3 is 0 Å². The largest absolute Gasteiger partial charge is 0.338 e. The number of aryl methyl sites for hydroxylation is 1. The Morgan fingerprint density at radius 1 is 1.35 bits per heavy atom. The maximum atomic E-state index is 12.6. The molecular weight excluding hydrogens is 272 g/mol. The van der Waals surface area contributed by atoms with Crippen molar-refractivity contribution in [3.63, 3.8) is 0 Å². The summed E-state index contributed by atoms with van der Waals surface area (Å²) in [7, 11) is 1.97. The van der Waals surface area contributed by atoms with E-state index in [1.807, 2.05) is 11.9 Å². The van der Waals surface area contributed by atoms with Crippen LogP contribution in [0.25, 0.3) is 0 Å². The smallest absolute Gasteiger partial charge is 0.226 e. The fourth-order valence-electron chi connectivity index (χ4n) is 3.28. The zero-order valence-corrected chi connectivity index (χ0v) is 13.0. The monoisotopic (exact) mass is 294 g/mol. The lowest BCUT2D eigenvalue weighted by molar-refractivity contribution is -0.138. The van der Waals surface area contributed by atoms with Crippen molar-refractivity contribution in [3.8, 4) is 0 Å². The molecule has 1 aromatic rings. The van der Waals surface area contributed by atoms with E-state index in [0.717, 1.165) is 25.9 Å². The highest BCUT2D eigenvalue weighted by Gasteiger charge is 2.34. The predicted molar refractivity (Wildman–Crippen MR) is 83.0 cm³/mol. The van der Waals surface area contributed by atoms with Crippen LogP contribution in [0.3, 0.4) is 0 Å². The van der Waals surface area contributed by atoms with Gasteiger partial charge in [-0.25, -0.2) is 0 Å². The second kappa shape index (κ2) is 6.15. The van der Waals surface area contributed by atoms with Crippen LogP contribution in [0.1, 0.15) is 30.5 Å². The first-order chi connectivity index (χ1) is 9.18. The summed E-state index contributed by atoms with van der Waals surface area (Å²) in [6.45, 7) is 4.05. The molecular formula is C16H23ClN2O. The quantitative estimate of drug-likeness (QED) is 0.928. The minimum Gasteiger partial charge on any atom is -0.338 e. The molecule has 1 aromatic carbocycles. The van der Waals surface area contributed by atoms with Crippen LogP contribution < -0.4 is 5.32 Å². The van der Waals surface area contributed by atoms with Crippen LogP contribution in [-0.4, -0.2) is 30.9 Å². The minimum atomic E-state index is 0. The number of carbonyl (C=O) groups excluding carboxylic acids is 1. The molecule has 4 heteroatoms. The van der Waals surface area contributed by atoms with Crippen molar-refractivity contribution in [2.45, 2.75) is 25.8 Å². The number of amides is 1. The second-order valence-electron chi connectivity index (χ2n) is 5.91. The highest BCUT2D eigenvalue weighted by Crippen LogP contribution is 2.36. The molecule has 1 N–H and O–H groups in total. The lowest BCUT2D eigenvalue weighted by Crippen LogP contribution is -2.50. The Morgan fingerprint density at radius 3 is 2.70 bits per heavy atom. The van der Waals surface area contributed by atoms with Crippen molar-refractivity contribution >= 4 is 18.3 Å². The van der Waals surface area contributed by atoms with Gasteiger partial charge in [0.2, 0.25) is 5.91 Å². The molecule has 2 aliphatic rings.